The molecule has 0 atom stereocenters. The fourth-order valence-electron chi connectivity index (χ4n) is 1.23. The van der Waals surface area contributed by atoms with Crippen LogP contribution in [0.3, 0.4) is 0 Å². The third-order valence-electron chi connectivity index (χ3n) is 2.18. The Morgan fingerprint density at radius 2 is 2.45 bits per heavy atom. The molecular weight excluding hydrogens is 138 g/mol. The number of nitriles is 1. The van der Waals surface area contributed by atoms with E-state index < -0.39 is 0 Å². The van der Waals surface area contributed by atoms with Crippen molar-refractivity contribution in [2.24, 2.45) is 0 Å². The van der Waals surface area contributed by atoms with Crippen molar-refractivity contribution in [2.75, 3.05) is 0 Å². The lowest BCUT2D eigenvalue weighted by atomic mass is 10.1. The van der Waals surface area contributed by atoms with Gasteiger partial charge in [-0.2, -0.15) is 5.26 Å². The zero-order chi connectivity index (χ0) is 7.90. The van der Waals surface area contributed by atoms with Crippen molar-refractivity contribution >= 4 is 0 Å². The topological polar surface area (TPSA) is 52.5 Å². The van der Waals surface area contributed by atoms with Gasteiger partial charge in [0, 0.05) is 6.20 Å². The molecule has 11 heavy (non-hydrogen) atoms. The number of nitrogens with zero attached hydrogens (tertiary/aromatic N) is 2. The molecule has 0 aromatic carbocycles. The third kappa shape index (κ3) is 0.829. The third-order valence-corrected chi connectivity index (χ3v) is 2.18. The molecule has 3 nitrogen and oxygen atoms in total. The van der Waals surface area contributed by atoms with Crippen LogP contribution in [0.1, 0.15) is 24.4 Å². The smallest absolute Gasteiger partial charge is 0.103 e. The fraction of sp³-hybridized carbons (Fsp3) is 0.500. The SMILES string of the molecule is Cc1ncc(C2(C#N)CC2)[nH]1. The van der Waals surface area contributed by atoms with Gasteiger partial charge in [0.1, 0.15) is 5.82 Å². The molecule has 0 unspecified atom stereocenters. The van der Waals surface area contributed by atoms with Gasteiger partial charge >= 0.3 is 0 Å². The summed E-state index contributed by atoms with van der Waals surface area (Å²) in [5.74, 6) is 0.890. The first kappa shape index (κ1) is 6.41. The molecule has 1 aliphatic carbocycles. The predicted octanol–water partition coefficient (Wildman–Crippen LogP) is 1.27. The maximum absolute atomic E-state index is 8.82. The number of aryl methyl sites for hydroxylation is 1. The van der Waals surface area contributed by atoms with Gasteiger partial charge in [0.2, 0.25) is 0 Å². The van der Waals surface area contributed by atoms with Gasteiger partial charge in [-0.3, -0.25) is 0 Å². The Hall–Kier alpha value is -1.30. The molecule has 1 aromatic rings. The Labute approximate surface area is 65.1 Å². The summed E-state index contributed by atoms with van der Waals surface area (Å²) in [5, 5.41) is 8.82. The maximum Gasteiger partial charge on any atom is 0.103 e. The van der Waals surface area contributed by atoms with E-state index in [0.717, 1.165) is 24.4 Å². The van der Waals surface area contributed by atoms with E-state index in [9.17, 15) is 0 Å². The molecule has 0 spiro atoms. The molecule has 1 aromatic heterocycles. The van der Waals surface area contributed by atoms with Crippen LogP contribution < -0.4 is 0 Å². The lowest BCUT2D eigenvalue weighted by Crippen LogP contribution is -2.02. The quantitative estimate of drug-likeness (QED) is 0.650. The number of aromatic nitrogens is 2. The summed E-state index contributed by atoms with van der Waals surface area (Å²) in [6.07, 6.45) is 3.72. The Morgan fingerprint density at radius 1 is 1.73 bits per heavy atom. The highest BCUT2D eigenvalue weighted by Crippen LogP contribution is 2.46. The second-order valence-corrected chi connectivity index (χ2v) is 3.08. The highest BCUT2D eigenvalue weighted by Gasteiger charge is 2.46. The van der Waals surface area contributed by atoms with Gasteiger partial charge in [-0.25, -0.2) is 4.98 Å². The fourth-order valence-corrected chi connectivity index (χ4v) is 1.23. The number of H-pyrrole nitrogens is 1. The van der Waals surface area contributed by atoms with E-state index in [1.165, 1.54) is 0 Å². The minimum Gasteiger partial charge on any atom is -0.345 e. The van der Waals surface area contributed by atoms with Crippen LogP contribution in [0.15, 0.2) is 6.20 Å². The first-order valence-electron chi connectivity index (χ1n) is 3.70. The Balaban J connectivity index is 2.38. The Bertz CT molecular complexity index is 314. The monoisotopic (exact) mass is 147 g/mol. The van der Waals surface area contributed by atoms with Gasteiger partial charge in [-0.15, -0.1) is 0 Å². The molecule has 0 radical (unpaired) electrons. The van der Waals surface area contributed by atoms with Crippen LogP contribution in [0.2, 0.25) is 0 Å². The van der Waals surface area contributed by atoms with Crippen LogP contribution in [0, 0.1) is 18.3 Å². The zero-order valence-corrected chi connectivity index (χ0v) is 6.39. The normalized spacial score (nSPS) is 19.3. The van der Waals surface area contributed by atoms with Crippen LogP contribution >= 0.6 is 0 Å². The van der Waals surface area contributed by atoms with E-state index in [2.05, 4.69) is 16.0 Å². The van der Waals surface area contributed by atoms with E-state index in [4.69, 9.17) is 5.26 Å². The van der Waals surface area contributed by atoms with Crippen molar-refractivity contribution < 1.29 is 0 Å². The predicted molar refractivity (Wildman–Crippen MR) is 39.8 cm³/mol. The summed E-state index contributed by atoms with van der Waals surface area (Å²) in [6.45, 7) is 1.90. The second-order valence-electron chi connectivity index (χ2n) is 3.08. The van der Waals surface area contributed by atoms with Crippen LogP contribution in [-0.4, -0.2) is 9.97 Å². The minimum absolute atomic E-state index is 0.207. The summed E-state index contributed by atoms with van der Waals surface area (Å²) in [7, 11) is 0. The average molecular weight is 147 g/mol. The van der Waals surface area contributed by atoms with Crippen molar-refractivity contribution in [3.8, 4) is 6.07 Å². The first-order valence-corrected chi connectivity index (χ1v) is 3.70. The molecular formula is C8H9N3. The van der Waals surface area contributed by atoms with E-state index in [1.54, 1.807) is 6.20 Å². The van der Waals surface area contributed by atoms with Gasteiger partial charge in [-0.1, -0.05) is 0 Å². The van der Waals surface area contributed by atoms with Crippen molar-refractivity contribution in [1.82, 2.24) is 9.97 Å². The minimum atomic E-state index is -0.207. The second kappa shape index (κ2) is 1.85. The molecule has 2 rings (SSSR count). The van der Waals surface area contributed by atoms with Crippen LogP contribution in [-0.2, 0) is 5.41 Å². The summed E-state index contributed by atoms with van der Waals surface area (Å²) in [5.41, 5.74) is 0.777. The van der Waals surface area contributed by atoms with Gasteiger partial charge in [0.05, 0.1) is 17.2 Å². The highest BCUT2D eigenvalue weighted by atomic mass is 14.9. The number of hydrogen-bond donors (Lipinski definition) is 1. The lowest BCUT2D eigenvalue weighted by molar-refractivity contribution is 0.861. The first-order chi connectivity index (χ1) is 5.27. The zero-order valence-electron chi connectivity index (χ0n) is 6.39. The highest BCUT2D eigenvalue weighted by molar-refractivity contribution is 5.32. The van der Waals surface area contributed by atoms with Crippen molar-refractivity contribution in [1.29, 1.82) is 5.26 Å². The lowest BCUT2D eigenvalue weighted by Gasteiger charge is -1.98. The van der Waals surface area contributed by atoms with Gasteiger partial charge < -0.3 is 4.98 Å². The molecule has 1 heterocycles. The largest absolute Gasteiger partial charge is 0.345 e. The average Bonchev–Trinajstić information content (AvgIpc) is 2.70. The Morgan fingerprint density at radius 3 is 2.82 bits per heavy atom. The molecule has 3 heteroatoms. The molecule has 1 fully saturated rings. The molecule has 1 N–H and O–H groups in total. The Kier molecular flexibility index (Phi) is 1.08. The number of hydrogen-bond acceptors (Lipinski definition) is 2. The van der Waals surface area contributed by atoms with Crippen molar-refractivity contribution in [2.45, 2.75) is 25.2 Å². The molecule has 56 valence electrons. The molecule has 0 bridgehead atoms. The van der Waals surface area contributed by atoms with Gasteiger partial charge in [0.15, 0.2) is 0 Å². The van der Waals surface area contributed by atoms with Crippen LogP contribution in [0.5, 0.6) is 0 Å². The molecule has 1 saturated carbocycles. The summed E-state index contributed by atoms with van der Waals surface area (Å²) in [4.78, 5) is 7.16. The van der Waals surface area contributed by atoms with Gasteiger partial charge in [-0.05, 0) is 19.8 Å². The maximum atomic E-state index is 8.82. The van der Waals surface area contributed by atoms with E-state index in [0.29, 0.717) is 0 Å². The van der Waals surface area contributed by atoms with E-state index >= 15 is 0 Å². The van der Waals surface area contributed by atoms with Crippen molar-refractivity contribution in [3.05, 3.63) is 17.7 Å². The van der Waals surface area contributed by atoms with Gasteiger partial charge in [0.25, 0.3) is 0 Å². The van der Waals surface area contributed by atoms with E-state index in [-0.39, 0.29) is 5.41 Å². The number of aromatic amines is 1. The van der Waals surface area contributed by atoms with Crippen LogP contribution in [0.4, 0.5) is 0 Å². The molecule has 0 aliphatic heterocycles. The number of nitrogens with one attached hydrogen (secondary N) is 1. The summed E-state index contributed by atoms with van der Waals surface area (Å²) >= 11 is 0. The molecule has 0 amide bonds. The number of rotatable bonds is 1. The molecule has 0 saturated heterocycles. The van der Waals surface area contributed by atoms with Crippen molar-refractivity contribution in [3.63, 3.8) is 0 Å². The summed E-state index contributed by atoms with van der Waals surface area (Å²) in [6, 6.07) is 2.31. The molecule has 1 aliphatic rings. The summed E-state index contributed by atoms with van der Waals surface area (Å²) < 4.78 is 0. The van der Waals surface area contributed by atoms with E-state index in [1.807, 2.05) is 6.92 Å². The van der Waals surface area contributed by atoms with Crippen LogP contribution in [0.25, 0.3) is 0 Å². The standard InChI is InChI=1S/C8H9N3/c1-6-10-4-7(11-6)8(5-9)2-3-8/h4H,2-3H2,1H3,(H,10,11). The number of imidazole rings is 1.